The molecule has 1 aliphatic heterocycles. The number of likely N-dealkylation sites (tertiary alicyclic amines) is 1. The second-order valence-electron chi connectivity index (χ2n) is 5.87. The summed E-state index contributed by atoms with van der Waals surface area (Å²) in [5.74, 6) is -0.0897. The third kappa shape index (κ3) is 2.86. The summed E-state index contributed by atoms with van der Waals surface area (Å²) in [6.45, 7) is 1.75. The molecule has 0 radical (unpaired) electrons. The highest BCUT2D eigenvalue weighted by Crippen LogP contribution is 2.21. The zero-order chi connectivity index (χ0) is 16.4. The van der Waals surface area contributed by atoms with Crippen LogP contribution in [0.25, 0.3) is 10.8 Å². The van der Waals surface area contributed by atoms with E-state index in [0.29, 0.717) is 25.4 Å². The SMILES string of the molecule is O=C(c1cnccn1)N1CC(OCc2cccc3ccccc23)C1. The highest BCUT2D eigenvalue weighted by Gasteiger charge is 2.32. The van der Waals surface area contributed by atoms with Crippen molar-refractivity contribution in [2.24, 2.45) is 0 Å². The molecular weight excluding hydrogens is 302 g/mol. The number of hydrogen-bond donors (Lipinski definition) is 0. The Morgan fingerprint density at radius 2 is 1.96 bits per heavy atom. The summed E-state index contributed by atoms with van der Waals surface area (Å²) in [7, 11) is 0. The van der Waals surface area contributed by atoms with E-state index in [4.69, 9.17) is 4.74 Å². The van der Waals surface area contributed by atoms with Gasteiger partial charge in [-0.2, -0.15) is 0 Å². The van der Waals surface area contributed by atoms with Gasteiger partial charge in [0, 0.05) is 25.5 Å². The van der Waals surface area contributed by atoms with Gasteiger partial charge in [0.1, 0.15) is 5.69 Å². The lowest BCUT2D eigenvalue weighted by Crippen LogP contribution is -2.54. The smallest absolute Gasteiger partial charge is 0.274 e. The van der Waals surface area contributed by atoms with Crippen molar-refractivity contribution in [3.8, 4) is 0 Å². The number of carbonyl (C=O) groups excluding carboxylic acids is 1. The number of amides is 1. The van der Waals surface area contributed by atoms with Crippen molar-refractivity contribution in [3.63, 3.8) is 0 Å². The van der Waals surface area contributed by atoms with Crippen LogP contribution in [-0.2, 0) is 11.3 Å². The Morgan fingerprint density at radius 3 is 2.79 bits per heavy atom. The fraction of sp³-hybridized carbons (Fsp3) is 0.211. The zero-order valence-corrected chi connectivity index (χ0v) is 13.1. The van der Waals surface area contributed by atoms with Gasteiger partial charge in [-0.3, -0.25) is 9.78 Å². The third-order valence-corrected chi connectivity index (χ3v) is 4.27. The van der Waals surface area contributed by atoms with Crippen molar-refractivity contribution >= 4 is 16.7 Å². The molecule has 0 unspecified atom stereocenters. The Balaban J connectivity index is 1.35. The largest absolute Gasteiger partial charge is 0.370 e. The van der Waals surface area contributed by atoms with E-state index < -0.39 is 0 Å². The molecule has 1 aromatic heterocycles. The minimum atomic E-state index is -0.0897. The maximum Gasteiger partial charge on any atom is 0.274 e. The molecule has 0 aliphatic carbocycles. The van der Waals surface area contributed by atoms with Crippen LogP contribution in [0.2, 0.25) is 0 Å². The van der Waals surface area contributed by atoms with Gasteiger partial charge in [0.15, 0.2) is 0 Å². The predicted molar refractivity (Wildman–Crippen MR) is 90.5 cm³/mol. The van der Waals surface area contributed by atoms with Crippen molar-refractivity contribution in [3.05, 3.63) is 72.3 Å². The van der Waals surface area contributed by atoms with Crippen molar-refractivity contribution in [1.82, 2.24) is 14.9 Å². The molecule has 0 saturated carbocycles. The van der Waals surface area contributed by atoms with Crippen LogP contribution in [0, 0.1) is 0 Å². The van der Waals surface area contributed by atoms with E-state index in [9.17, 15) is 4.79 Å². The van der Waals surface area contributed by atoms with Crippen LogP contribution in [0.1, 0.15) is 16.1 Å². The molecule has 0 atom stereocenters. The lowest BCUT2D eigenvalue weighted by Gasteiger charge is -2.38. The first kappa shape index (κ1) is 14.8. The lowest BCUT2D eigenvalue weighted by molar-refractivity contribution is -0.0501. The Hall–Kier alpha value is -2.79. The van der Waals surface area contributed by atoms with E-state index in [0.717, 1.165) is 0 Å². The molecule has 24 heavy (non-hydrogen) atoms. The quantitative estimate of drug-likeness (QED) is 0.742. The molecule has 1 fully saturated rings. The number of aromatic nitrogens is 2. The van der Waals surface area contributed by atoms with E-state index in [1.165, 1.54) is 28.7 Å². The number of hydrogen-bond acceptors (Lipinski definition) is 4. The summed E-state index contributed by atoms with van der Waals surface area (Å²) in [5.41, 5.74) is 1.55. The number of rotatable bonds is 4. The van der Waals surface area contributed by atoms with Crippen LogP contribution < -0.4 is 0 Å². The van der Waals surface area contributed by atoms with E-state index in [2.05, 4.69) is 34.2 Å². The molecule has 0 spiro atoms. The van der Waals surface area contributed by atoms with Gasteiger partial charge in [0.25, 0.3) is 5.91 Å². The van der Waals surface area contributed by atoms with Crippen LogP contribution in [-0.4, -0.2) is 40.0 Å². The molecule has 1 aliphatic rings. The fourth-order valence-electron chi connectivity index (χ4n) is 2.91. The van der Waals surface area contributed by atoms with Crippen LogP contribution in [0.4, 0.5) is 0 Å². The molecule has 0 bridgehead atoms. The third-order valence-electron chi connectivity index (χ3n) is 4.27. The predicted octanol–water partition coefficient (Wildman–Crippen LogP) is 2.67. The molecule has 120 valence electrons. The highest BCUT2D eigenvalue weighted by atomic mass is 16.5. The van der Waals surface area contributed by atoms with Gasteiger partial charge in [0.05, 0.1) is 18.9 Å². The summed E-state index contributed by atoms with van der Waals surface area (Å²) in [6, 6.07) is 14.5. The molecule has 3 aromatic rings. The van der Waals surface area contributed by atoms with Gasteiger partial charge in [-0.1, -0.05) is 42.5 Å². The number of carbonyl (C=O) groups is 1. The molecule has 1 amide bonds. The molecular formula is C19H17N3O2. The van der Waals surface area contributed by atoms with Gasteiger partial charge in [-0.15, -0.1) is 0 Å². The highest BCUT2D eigenvalue weighted by molar-refractivity contribution is 5.92. The Labute approximate surface area is 139 Å². The Morgan fingerprint density at radius 1 is 1.12 bits per heavy atom. The van der Waals surface area contributed by atoms with Gasteiger partial charge in [0.2, 0.25) is 0 Å². The molecule has 5 heteroatoms. The van der Waals surface area contributed by atoms with Crippen molar-refractivity contribution < 1.29 is 9.53 Å². The second kappa shape index (κ2) is 6.37. The number of ether oxygens (including phenoxy) is 1. The average molecular weight is 319 g/mol. The number of benzene rings is 2. The van der Waals surface area contributed by atoms with Crippen molar-refractivity contribution in [2.75, 3.05) is 13.1 Å². The summed E-state index contributed by atoms with van der Waals surface area (Å²) in [4.78, 5) is 21.9. The maximum absolute atomic E-state index is 12.2. The standard InChI is InChI=1S/C19H17N3O2/c23-19(18-10-20-8-9-21-18)22-11-16(12-22)24-13-15-6-3-5-14-4-1-2-7-17(14)15/h1-10,16H,11-13H2. The van der Waals surface area contributed by atoms with Crippen LogP contribution in [0.15, 0.2) is 61.1 Å². The zero-order valence-electron chi connectivity index (χ0n) is 13.1. The maximum atomic E-state index is 12.2. The van der Waals surface area contributed by atoms with E-state index in [1.807, 2.05) is 18.2 Å². The number of nitrogens with zero attached hydrogens (tertiary/aromatic N) is 3. The summed E-state index contributed by atoms with van der Waals surface area (Å²) in [6.07, 6.45) is 4.65. The van der Waals surface area contributed by atoms with Gasteiger partial charge in [-0.05, 0) is 16.3 Å². The van der Waals surface area contributed by atoms with E-state index >= 15 is 0 Å². The first-order chi connectivity index (χ1) is 11.8. The molecule has 2 aromatic carbocycles. The molecule has 5 nitrogen and oxygen atoms in total. The fourth-order valence-corrected chi connectivity index (χ4v) is 2.91. The summed E-state index contributed by atoms with van der Waals surface area (Å²) >= 11 is 0. The molecule has 0 N–H and O–H groups in total. The summed E-state index contributed by atoms with van der Waals surface area (Å²) in [5, 5.41) is 2.43. The molecule has 1 saturated heterocycles. The second-order valence-corrected chi connectivity index (χ2v) is 5.87. The van der Waals surface area contributed by atoms with Gasteiger partial charge >= 0.3 is 0 Å². The van der Waals surface area contributed by atoms with Gasteiger partial charge in [-0.25, -0.2) is 4.98 Å². The van der Waals surface area contributed by atoms with Crippen LogP contribution >= 0.6 is 0 Å². The van der Waals surface area contributed by atoms with Crippen LogP contribution in [0.5, 0.6) is 0 Å². The van der Waals surface area contributed by atoms with Gasteiger partial charge < -0.3 is 9.64 Å². The first-order valence-electron chi connectivity index (χ1n) is 7.95. The summed E-state index contributed by atoms with van der Waals surface area (Å²) < 4.78 is 5.96. The van der Waals surface area contributed by atoms with Crippen molar-refractivity contribution in [2.45, 2.75) is 12.7 Å². The lowest BCUT2D eigenvalue weighted by atomic mass is 10.1. The molecule has 2 heterocycles. The number of fused-ring (bicyclic) bond motifs is 1. The first-order valence-corrected chi connectivity index (χ1v) is 7.95. The Kier molecular flexibility index (Phi) is 3.92. The minimum Gasteiger partial charge on any atom is -0.370 e. The Bertz CT molecular complexity index is 855. The minimum absolute atomic E-state index is 0.0737. The van der Waals surface area contributed by atoms with Crippen molar-refractivity contribution in [1.29, 1.82) is 0 Å². The van der Waals surface area contributed by atoms with E-state index in [1.54, 1.807) is 11.1 Å². The molecule has 4 rings (SSSR count). The monoisotopic (exact) mass is 319 g/mol. The average Bonchev–Trinajstić information content (AvgIpc) is 2.61. The normalized spacial score (nSPS) is 14.6. The topological polar surface area (TPSA) is 55.3 Å². The van der Waals surface area contributed by atoms with E-state index in [-0.39, 0.29) is 12.0 Å². The van der Waals surface area contributed by atoms with Crippen LogP contribution in [0.3, 0.4) is 0 Å².